The van der Waals surface area contributed by atoms with Crippen molar-refractivity contribution in [3.8, 4) is 11.5 Å². The smallest absolute Gasteiger partial charge is 0.413 e. The number of amides is 1. The minimum absolute atomic E-state index is 0.0275. The van der Waals surface area contributed by atoms with Crippen molar-refractivity contribution < 1.29 is 66.0 Å². The third kappa shape index (κ3) is 12.7. The first-order valence-corrected chi connectivity index (χ1v) is 23.5. The van der Waals surface area contributed by atoms with Crippen LogP contribution in [0.3, 0.4) is 0 Å². The zero-order chi connectivity index (χ0) is 48.6. The summed E-state index contributed by atoms with van der Waals surface area (Å²) in [5.74, 6) is -6.95. The van der Waals surface area contributed by atoms with Crippen LogP contribution in [0, 0.1) is 11.6 Å². The Morgan fingerprint density at radius 2 is 1.09 bits per heavy atom. The summed E-state index contributed by atoms with van der Waals surface area (Å²) in [7, 11) is -7.91. The second-order valence-electron chi connectivity index (χ2n) is 15.2. The number of carbonyl (C=O) groups excluding carboxylic acids is 2. The van der Waals surface area contributed by atoms with E-state index in [0.29, 0.717) is 37.6 Å². The fraction of sp³-hybridized carbons (Fsp3) is 0.349. The average Bonchev–Trinajstić information content (AvgIpc) is 3.83. The van der Waals surface area contributed by atoms with Gasteiger partial charge in [-0.1, -0.05) is 67.4 Å². The molecule has 1 N–H and O–H groups in total. The Kier molecular flexibility index (Phi) is 16.1. The molecule has 0 aliphatic carbocycles. The van der Waals surface area contributed by atoms with Gasteiger partial charge in [0.25, 0.3) is 0 Å². The third-order valence-electron chi connectivity index (χ3n) is 10.6. The number of hydrogen-bond acceptors (Lipinski definition) is 9. The third-order valence-corrected chi connectivity index (χ3v) is 14.4. The molecule has 1 amide bonds. The maximum atomic E-state index is 14.9. The fourth-order valence-corrected chi connectivity index (χ4v) is 10.4. The first-order valence-electron chi connectivity index (χ1n) is 20.7. The van der Waals surface area contributed by atoms with E-state index >= 15 is 0 Å². The van der Waals surface area contributed by atoms with E-state index in [0.717, 1.165) is 59.3 Å². The number of halogens is 8. The van der Waals surface area contributed by atoms with Crippen molar-refractivity contribution in [3.05, 3.63) is 131 Å². The van der Waals surface area contributed by atoms with Crippen LogP contribution in [-0.2, 0) is 44.5 Å². The fourth-order valence-electron chi connectivity index (χ4n) is 7.05. The molecule has 0 spiro atoms. The zero-order valence-corrected chi connectivity index (χ0v) is 36.9. The van der Waals surface area contributed by atoms with Gasteiger partial charge in [0, 0.05) is 48.4 Å². The molecular formula is C43H43F8N7O7S2. The summed E-state index contributed by atoms with van der Waals surface area (Å²) in [6.07, 6.45) is -5.16. The van der Waals surface area contributed by atoms with Gasteiger partial charge in [-0.15, -0.1) is 10.2 Å². The number of Topliss-reactive ketones (excluding diaryl/α,β-unsaturated/α-hetero) is 1. The molecule has 2 saturated heterocycles. The minimum atomic E-state index is -5.14. The number of ketones is 1. The molecule has 360 valence electrons. The Hall–Kier alpha value is -5.98. The molecule has 0 unspecified atom stereocenters. The molecule has 0 atom stereocenters. The highest BCUT2D eigenvalue weighted by molar-refractivity contribution is 7.90. The standard InChI is InChI=1S/C22H23F4N3O4S.C21H20F4N4O3S/c23-19-13-16(20(30)14-27-21(31)22(24,25)26)9-10-17(19)15-29(18-7-3-1-4-8-18)34(32,33)28-11-5-2-6-12-28;22-18-13-15(19-26-27-20(32-19)21(23,24)25)9-10-16(18)14-29(17-7-3-1-4-8-17)33(30,31)28-11-5-2-6-12-28/h1,3-4,7-10,13H,2,5-6,11-12,14-15H2,(H,27,31);1,3-4,7-10,13H,2,5-6,11-12,14H2. The highest BCUT2D eigenvalue weighted by Crippen LogP contribution is 2.32. The van der Waals surface area contributed by atoms with Crippen molar-refractivity contribution >= 4 is 43.5 Å². The highest BCUT2D eigenvalue weighted by Gasteiger charge is 2.40. The van der Waals surface area contributed by atoms with E-state index in [9.17, 15) is 61.5 Å². The number of piperidine rings is 2. The number of para-hydroxylation sites is 2. The molecule has 2 aliphatic heterocycles. The van der Waals surface area contributed by atoms with Crippen molar-refractivity contribution in [2.24, 2.45) is 0 Å². The molecule has 2 aliphatic rings. The molecular weight excluding hydrogens is 943 g/mol. The predicted octanol–water partition coefficient (Wildman–Crippen LogP) is 8.06. The number of nitrogens with zero attached hydrogens (tertiary/aromatic N) is 6. The first kappa shape index (κ1) is 50.4. The van der Waals surface area contributed by atoms with Crippen molar-refractivity contribution in [2.75, 3.05) is 41.3 Å². The van der Waals surface area contributed by atoms with Gasteiger partial charge in [0.15, 0.2) is 5.78 Å². The van der Waals surface area contributed by atoms with Gasteiger partial charge in [-0.2, -0.15) is 51.8 Å². The Morgan fingerprint density at radius 3 is 1.51 bits per heavy atom. The second kappa shape index (κ2) is 21.3. The number of rotatable bonds is 14. The van der Waals surface area contributed by atoms with Crippen LogP contribution in [0.25, 0.3) is 11.5 Å². The largest absolute Gasteiger partial charge is 0.471 e. The van der Waals surface area contributed by atoms with Crippen LogP contribution >= 0.6 is 0 Å². The maximum Gasteiger partial charge on any atom is 0.471 e. The Morgan fingerprint density at radius 1 is 0.627 bits per heavy atom. The number of benzene rings is 4. The van der Waals surface area contributed by atoms with Gasteiger partial charge in [-0.3, -0.25) is 18.2 Å². The molecule has 7 rings (SSSR count). The van der Waals surface area contributed by atoms with Crippen LogP contribution in [0.1, 0.15) is 65.9 Å². The van der Waals surface area contributed by atoms with Gasteiger partial charge < -0.3 is 9.73 Å². The summed E-state index contributed by atoms with van der Waals surface area (Å²) in [4.78, 5) is 23.0. The van der Waals surface area contributed by atoms with Crippen molar-refractivity contribution in [1.29, 1.82) is 0 Å². The van der Waals surface area contributed by atoms with Gasteiger partial charge in [0.05, 0.1) is 31.0 Å². The van der Waals surface area contributed by atoms with Gasteiger partial charge in [0.2, 0.25) is 5.89 Å². The van der Waals surface area contributed by atoms with Gasteiger partial charge >= 0.3 is 44.6 Å². The number of carbonyl (C=O) groups is 2. The summed E-state index contributed by atoms with van der Waals surface area (Å²) in [6.45, 7) is -0.148. The Bertz CT molecular complexity index is 2720. The molecule has 2 fully saturated rings. The topological polar surface area (TPSA) is 166 Å². The van der Waals surface area contributed by atoms with Crippen LogP contribution in [0.2, 0.25) is 0 Å². The van der Waals surface area contributed by atoms with Crippen molar-refractivity contribution in [2.45, 2.75) is 64.0 Å². The van der Waals surface area contributed by atoms with E-state index in [4.69, 9.17) is 0 Å². The first-order chi connectivity index (χ1) is 31.7. The predicted molar refractivity (Wildman–Crippen MR) is 228 cm³/mol. The molecule has 4 aromatic carbocycles. The Balaban J connectivity index is 0.000000221. The summed E-state index contributed by atoms with van der Waals surface area (Å²) in [5, 5.41) is 7.68. The van der Waals surface area contributed by atoms with E-state index in [1.54, 1.807) is 60.7 Å². The number of nitrogens with one attached hydrogen (secondary N) is 1. The van der Waals surface area contributed by atoms with E-state index in [1.807, 2.05) is 0 Å². The van der Waals surface area contributed by atoms with Gasteiger partial charge in [-0.05, 0) is 68.1 Å². The van der Waals surface area contributed by atoms with Crippen LogP contribution in [0.4, 0.5) is 46.5 Å². The minimum Gasteiger partial charge on any atom is -0.413 e. The normalized spacial score (nSPS) is 15.3. The summed E-state index contributed by atoms with van der Waals surface area (Å²) in [5.41, 5.74) is 0.415. The lowest BCUT2D eigenvalue weighted by molar-refractivity contribution is -0.173. The zero-order valence-electron chi connectivity index (χ0n) is 35.3. The lowest BCUT2D eigenvalue weighted by atomic mass is 10.1. The van der Waals surface area contributed by atoms with E-state index in [-0.39, 0.29) is 35.3 Å². The lowest BCUT2D eigenvalue weighted by Crippen LogP contribution is -2.46. The molecule has 1 aromatic heterocycles. The second-order valence-corrected chi connectivity index (χ2v) is 19.0. The number of hydrogen-bond donors (Lipinski definition) is 1. The van der Waals surface area contributed by atoms with Gasteiger partial charge in [-0.25, -0.2) is 8.78 Å². The SMILES string of the molecule is O=C(CNC(=O)C(F)(F)F)c1ccc(CN(c2ccccc2)S(=O)(=O)N2CCCCC2)c(F)c1.O=S(=O)(N1CCCCC1)N(Cc1ccc(-c2nnc(C(F)(F)F)o2)cc1F)c1ccccc1. The van der Waals surface area contributed by atoms with Crippen LogP contribution < -0.4 is 13.9 Å². The van der Waals surface area contributed by atoms with Crippen LogP contribution in [0.15, 0.2) is 101 Å². The summed E-state index contributed by atoms with van der Waals surface area (Å²) < 4.78 is 168. The average molecular weight is 986 g/mol. The monoisotopic (exact) mass is 985 g/mol. The quantitative estimate of drug-likeness (QED) is 0.0856. The molecule has 0 bridgehead atoms. The number of aromatic nitrogens is 2. The van der Waals surface area contributed by atoms with Crippen molar-refractivity contribution in [1.82, 2.24) is 24.1 Å². The van der Waals surface area contributed by atoms with E-state index in [1.165, 1.54) is 38.2 Å². The number of alkyl halides is 6. The summed E-state index contributed by atoms with van der Waals surface area (Å²) in [6, 6.07) is 23.3. The molecule has 14 nitrogen and oxygen atoms in total. The molecule has 0 saturated carbocycles. The number of anilines is 2. The molecule has 0 radical (unpaired) electrons. The highest BCUT2D eigenvalue weighted by atomic mass is 32.2. The van der Waals surface area contributed by atoms with Gasteiger partial charge in [0.1, 0.15) is 11.6 Å². The maximum absolute atomic E-state index is 14.9. The van der Waals surface area contributed by atoms with Crippen molar-refractivity contribution in [3.63, 3.8) is 0 Å². The van der Waals surface area contributed by atoms with Crippen LogP contribution in [0.5, 0.6) is 0 Å². The Labute approximate surface area is 380 Å². The lowest BCUT2D eigenvalue weighted by Gasteiger charge is -2.33. The molecule has 24 heteroatoms. The van der Waals surface area contributed by atoms with E-state index in [2.05, 4.69) is 14.6 Å². The molecule has 5 aromatic rings. The van der Waals surface area contributed by atoms with Crippen LogP contribution in [-0.4, -0.2) is 86.2 Å². The summed E-state index contributed by atoms with van der Waals surface area (Å²) >= 11 is 0. The molecule has 3 heterocycles. The molecule has 67 heavy (non-hydrogen) atoms. The van der Waals surface area contributed by atoms with E-state index < -0.39 is 74.4 Å².